The first kappa shape index (κ1) is 15.3. The number of rotatable bonds is 2. The molecule has 3 heterocycles. The molecule has 1 spiro atoms. The Hall–Kier alpha value is -0.600. The van der Waals surface area contributed by atoms with E-state index in [4.69, 9.17) is 16.3 Å². The van der Waals surface area contributed by atoms with Crippen molar-refractivity contribution >= 4 is 27.3 Å². The van der Waals surface area contributed by atoms with E-state index >= 15 is 0 Å². The summed E-state index contributed by atoms with van der Waals surface area (Å²) in [6, 6.07) is 2.32. The minimum atomic E-state index is -0.203. The van der Waals surface area contributed by atoms with Crippen molar-refractivity contribution in [3.05, 3.63) is 32.2 Å². The molecule has 5 N–H and O–H groups in total. The molecule has 0 amide bonds. The molecule has 2 atom stereocenters. The average Bonchev–Trinajstić information content (AvgIpc) is 2.81. The Kier molecular flexibility index (Phi) is 4.29. The van der Waals surface area contributed by atoms with Crippen LogP contribution in [0.25, 0.3) is 0 Å². The molecule has 0 bridgehead atoms. The first-order valence-electron chi connectivity index (χ1n) is 7.11. The molecule has 2 unspecified atom stereocenters. The maximum Gasteiger partial charge on any atom is 0.106 e. The SMILES string of the molecule is CN(N)/C=C(\N)C1CC2(CCN1)OCCc1cc(Br)sc12. The van der Waals surface area contributed by atoms with Crippen molar-refractivity contribution in [2.45, 2.75) is 30.9 Å². The van der Waals surface area contributed by atoms with Crippen LogP contribution in [0.1, 0.15) is 23.3 Å². The molecular weight excluding hydrogens is 352 g/mol. The highest BCUT2D eigenvalue weighted by atomic mass is 79.9. The van der Waals surface area contributed by atoms with Gasteiger partial charge in [0.25, 0.3) is 0 Å². The van der Waals surface area contributed by atoms with E-state index in [0.717, 1.165) is 38.1 Å². The maximum absolute atomic E-state index is 6.25. The molecule has 7 heteroatoms. The normalized spacial score (nSPS) is 29.5. The monoisotopic (exact) mass is 372 g/mol. The van der Waals surface area contributed by atoms with E-state index in [2.05, 4.69) is 27.3 Å². The highest BCUT2D eigenvalue weighted by Gasteiger charge is 2.44. The summed E-state index contributed by atoms with van der Waals surface area (Å²) in [6.07, 6.45) is 4.59. The zero-order chi connectivity index (χ0) is 15.0. The van der Waals surface area contributed by atoms with Crippen LogP contribution in [0.15, 0.2) is 21.7 Å². The zero-order valence-corrected chi connectivity index (χ0v) is 14.5. The van der Waals surface area contributed by atoms with Gasteiger partial charge in [-0.1, -0.05) is 0 Å². The Bertz CT molecular complexity index is 559. The van der Waals surface area contributed by atoms with Gasteiger partial charge >= 0.3 is 0 Å². The Balaban J connectivity index is 1.89. The highest BCUT2D eigenvalue weighted by Crippen LogP contribution is 2.46. The van der Waals surface area contributed by atoms with E-state index < -0.39 is 0 Å². The molecule has 1 fully saturated rings. The second-order valence-corrected chi connectivity index (χ2v) is 8.18. The number of thiophene rings is 1. The number of piperidine rings is 1. The van der Waals surface area contributed by atoms with E-state index in [-0.39, 0.29) is 11.6 Å². The summed E-state index contributed by atoms with van der Waals surface area (Å²) in [7, 11) is 1.77. The van der Waals surface area contributed by atoms with E-state index in [0.29, 0.717) is 0 Å². The Morgan fingerprint density at radius 1 is 1.67 bits per heavy atom. The molecule has 0 aliphatic carbocycles. The van der Waals surface area contributed by atoms with E-state index in [1.807, 2.05) is 0 Å². The third kappa shape index (κ3) is 2.98. The number of nitrogens with zero attached hydrogens (tertiary/aromatic N) is 1. The van der Waals surface area contributed by atoms with Crippen molar-refractivity contribution < 1.29 is 4.74 Å². The van der Waals surface area contributed by atoms with Crippen molar-refractivity contribution in [3.8, 4) is 0 Å². The number of nitrogens with one attached hydrogen (secondary N) is 1. The third-order valence-corrected chi connectivity index (χ3v) is 6.02. The number of hydrazine groups is 1. The average molecular weight is 373 g/mol. The van der Waals surface area contributed by atoms with E-state index in [9.17, 15) is 0 Å². The third-order valence-electron chi connectivity index (χ3n) is 4.15. The van der Waals surface area contributed by atoms with Gasteiger partial charge in [0.2, 0.25) is 0 Å². The second-order valence-electron chi connectivity index (χ2n) is 5.75. The predicted octanol–water partition coefficient (Wildman–Crippen LogP) is 1.64. The molecule has 0 saturated carbocycles. The molecule has 21 heavy (non-hydrogen) atoms. The van der Waals surface area contributed by atoms with Gasteiger partial charge in [0.1, 0.15) is 5.60 Å². The largest absolute Gasteiger partial charge is 0.400 e. The van der Waals surface area contributed by atoms with Gasteiger partial charge in [0, 0.05) is 30.2 Å². The number of fused-ring (bicyclic) bond motifs is 2. The van der Waals surface area contributed by atoms with Crippen LogP contribution in [0.2, 0.25) is 0 Å². The smallest absolute Gasteiger partial charge is 0.106 e. The van der Waals surface area contributed by atoms with E-state index in [1.54, 1.807) is 24.6 Å². The van der Waals surface area contributed by atoms with Crippen LogP contribution in [-0.4, -0.2) is 31.3 Å². The molecule has 3 rings (SSSR count). The lowest BCUT2D eigenvalue weighted by atomic mass is 9.82. The number of nitrogens with two attached hydrogens (primary N) is 2. The van der Waals surface area contributed by atoms with Crippen LogP contribution in [-0.2, 0) is 16.8 Å². The Labute approximate surface area is 137 Å². The first-order chi connectivity index (χ1) is 10.00. The summed E-state index contributed by atoms with van der Waals surface area (Å²) in [4.78, 5) is 1.36. The van der Waals surface area contributed by atoms with Crippen molar-refractivity contribution in [2.24, 2.45) is 11.6 Å². The van der Waals surface area contributed by atoms with Crippen molar-refractivity contribution in [2.75, 3.05) is 20.2 Å². The van der Waals surface area contributed by atoms with Gasteiger partial charge in [-0.15, -0.1) is 11.3 Å². The van der Waals surface area contributed by atoms with E-state index in [1.165, 1.54) is 19.2 Å². The summed E-state index contributed by atoms with van der Waals surface area (Å²) in [5.41, 5.74) is 8.15. The highest BCUT2D eigenvalue weighted by molar-refractivity contribution is 9.11. The predicted molar refractivity (Wildman–Crippen MR) is 88.6 cm³/mol. The lowest BCUT2D eigenvalue weighted by Gasteiger charge is -2.43. The first-order valence-corrected chi connectivity index (χ1v) is 8.72. The number of halogens is 1. The molecule has 0 aromatic carbocycles. The van der Waals surface area contributed by atoms with Crippen molar-refractivity contribution in [1.29, 1.82) is 0 Å². The standard InChI is InChI=1S/C14H21BrN4OS/c1-19(17)8-10(16)11-7-14(3-4-18-11)13-9(2-5-20-14)6-12(15)21-13/h6,8,11,18H,2-5,7,16-17H2,1H3/b10-8-. The molecule has 2 aliphatic rings. The van der Waals surface area contributed by atoms with Gasteiger partial charge in [-0.05, 0) is 46.9 Å². The summed E-state index contributed by atoms with van der Waals surface area (Å²) in [6.45, 7) is 1.67. The van der Waals surface area contributed by atoms with Gasteiger partial charge in [-0.2, -0.15) is 0 Å². The van der Waals surface area contributed by atoms with Crippen LogP contribution in [0.3, 0.4) is 0 Å². The molecule has 116 valence electrons. The van der Waals surface area contributed by atoms with Gasteiger partial charge in [0.15, 0.2) is 0 Å². The van der Waals surface area contributed by atoms with Crippen molar-refractivity contribution in [1.82, 2.24) is 10.3 Å². The number of hydrogen-bond donors (Lipinski definition) is 3. The Morgan fingerprint density at radius 3 is 3.24 bits per heavy atom. The zero-order valence-electron chi connectivity index (χ0n) is 12.1. The molecular formula is C14H21BrN4OS. The summed E-state index contributed by atoms with van der Waals surface area (Å²) < 4.78 is 7.43. The fourth-order valence-corrected chi connectivity index (χ4v) is 5.12. The summed E-state index contributed by atoms with van der Waals surface area (Å²) in [5.74, 6) is 5.66. The fourth-order valence-electron chi connectivity index (χ4n) is 3.24. The number of ether oxygens (including phenoxy) is 1. The Morgan fingerprint density at radius 2 is 2.48 bits per heavy atom. The van der Waals surface area contributed by atoms with Gasteiger partial charge in [-0.3, -0.25) is 0 Å². The van der Waals surface area contributed by atoms with Crippen LogP contribution in [0, 0.1) is 0 Å². The molecule has 1 aromatic heterocycles. The molecule has 1 aromatic rings. The topological polar surface area (TPSA) is 76.5 Å². The van der Waals surface area contributed by atoms with Crippen LogP contribution in [0.4, 0.5) is 0 Å². The molecule has 1 saturated heterocycles. The second kappa shape index (κ2) is 5.89. The minimum Gasteiger partial charge on any atom is -0.400 e. The van der Waals surface area contributed by atoms with Crippen LogP contribution >= 0.6 is 27.3 Å². The molecule has 5 nitrogen and oxygen atoms in total. The summed E-state index contributed by atoms with van der Waals surface area (Å²) in [5, 5.41) is 4.96. The van der Waals surface area contributed by atoms with Crippen molar-refractivity contribution in [3.63, 3.8) is 0 Å². The molecule has 2 aliphatic heterocycles. The van der Waals surface area contributed by atoms with Crippen LogP contribution < -0.4 is 16.9 Å². The number of hydrogen-bond acceptors (Lipinski definition) is 6. The van der Waals surface area contributed by atoms with Gasteiger partial charge < -0.3 is 20.8 Å². The fraction of sp³-hybridized carbons (Fsp3) is 0.571. The van der Waals surface area contributed by atoms with Crippen LogP contribution in [0.5, 0.6) is 0 Å². The minimum absolute atomic E-state index is 0.0941. The summed E-state index contributed by atoms with van der Waals surface area (Å²) >= 11 is 5.40. The van der Waals surface area contributed by atoms with Gasteiger partial charge in [-0.25, -0.2) is 5.84 Å². The lowest BCUT2D eigenvalue weighted by Crippen LogP contribution is -2.51. The quantitative estimate of drug-likeness (QED) is 0.543. The lowest BCUT2D eigenvalue weighted by molar-refractivity contribution is -0.0837. The molecule has 0 radical (unpaired) electrons. The van der Waals surface area contributed by atoms with Gasteiger partial charge in [0.05, 0.1) is 16.4 Å². The maximum atomic E-state index is 6.25.